The first-order valence-corrected chi connectivity index (χ1v) is 10.1. The van der Waals surface area contributed by atoms with Crippen LogP contribution in [-0.2, 0) is 16.8 Å². The third-order valence-corrected chi connectivity index (χ3v) is 7.14. The highest BCUT2D eigenvalue weighted by Crippen LogP contribution is 2.37. The topological polar surface area (TPSA) is 75.5 Å². The van der Waals surface area contributed by atoms with Crippen LogP contribution in [0.15, 0.2) is 41.3 Å². The first kappa shape index (κ1) is 17.4. The molecule has 1 saturated heterocycles. The third-order valence-electron chi connectivity index (χ3n) is 5.27. The van der Waals surface area contributed by atoms with Crippen LogP contribution in [0, 0.1) is 5.92 Å². The van der Waals surface area contributed by atoms with Crippen LogP contribution in [0.3, 0.4) is 0 Å². The van der Waals surface area contributed by atoms with Crippen LogP contribution in [0.5, 0.6) is 0 Å². The summed E-state index contributed by atoms with van der Waals surface area (Å²) < 4.78 is 29.7. The van der Waals surface area contributed by atoms with Crippen LogP contribution in [0.2, 0.25) is 0 Å². The molecule has 2 aliphatic rings. The number of fused-ring (bicyclic) bond motifs is 4. The summed E-state index contributed by atoms with van der Waals surface area (Å²) >= 11 is 0. The fraction of sp³-hybridized carbons (Fsp3) is 0.444. The molecule has 2 aromatic heterocycles. The van der Waals surface area contributed by atoms with Crippen molar-refractivity contribution in [3.8, 4) is 11.3 Å². The van der Waals surface area contributed by atoms with Crippen molar-refractivity contribution in [2.24, 2.45) is 5.92 Å². The van der Waals surface area contributed by atoms with Crippen LogP contribution in [0.4, 0.5) is 0 Å². The quantitative estimate of drug-likeness (QED) is 0.807. The molecule has 0 N–H and O–H groups in total. The first-order valence-electron chi connectivity index (χ1n) is 8.70. The Kier molecular flexibility index (Phi) is 4.21. The molecular weight excluding hydrogens is 352 g/mol. The molecule has 2 bridgehead atoms. The standard InChI is InChI=1S/C18H22N4O3S/c1-20(2)26(24,25)21-10-13-7-15(12-21)17-8-14(9-18(23)22(17)11-13)16-5-3-4-6-19-16/h3-6,8-9,13,15H,7,10-12H2,1-2H3/t13-,15+/m0/s1. The predicted molar refractivity (Wildman–Crippen MR) is 99.0 cm³/mol. The summed E-state index contributed by atoms with van der Waals surface area (Å²) in [6, 6.07) is 9.23. The van der Waals surface area contributed by atoms with E-state index >= 15 is 0 Å². The van der Waals surface area contributed by atoms with E-state index in [0.717, 1.165) is 23.4 Å². The summed E-state index contributed by atoms with van der Waals surface area (Å²) in [5, 5.41) is 0. The maximum absolute atomic E-state index is 12.7. The molecule has 4 rings (SSSR count). The third kappa shape index (κ3) is 2.87. The summed E-state index contributed by atoms with van der Waals surface area (Å²) in [5.74, 6) is 0.183. The van der Waals surface area contributed by atoms with E-state index in [0.29, 0.717) is 19.6 Å². The Balaban J connectivity index is 1.75. The number of pyridine rings is 2. The normalized spacial score (nSPS) is 23.0. The zero-order valence-electron chi connectivity index (χ0n) is 14.9. The predicted octanol–water partition coefficient (Wildman–Crippen LogP) is 1.14. The van der Waals surface area contributed by atoms with Crippen LogP contribution in [0.1, 0.15) is 18.0 Å². The Morgan fingerprint density at radius 3 is 2.65 bits per heavy atom. The molecule has 2 aromatic rings. The average Bonchev–Trinajstić information content (AvgIpc) is 2.63. The van der Waals surface area contributed by atoms with E-state index in [1.807, 2.05) is 28.8 Å². The molecule has 4 heterocycles. The molecule has 0 unspecified atom stereocenters. The lowest BCUT2D eigenvalue weighted by atomic mass is 9.83. The minimum Gasteiger partial charge on any atom is -0.312 e. The molecule has 0 radical (unpaired) electrons. The SMILES string of the molecule is CN(C)S(=O)(=O)N1C[C@@H]2C[C@H](C1)c1cc(-c3ccccn3)cc(=O)n1C2. The van der Waals surface area contributed by atoms with E-state index in [-0.39, 0.29) is 17.4 Å². The molecule has 138 valence electrons. The molecule has 7 nitrogen and oxygen atoms in total. The lowest BCUT2D eigenvalue weighted by molar-refractivity contribution is 0.180. The highest BCUT2D eigenvalue weighted by atomic mass is 32.2. The Bertz CT molecular complexity index is 985. The monoisotopic (exact) mass is 374 g/mol. The van der Waals surface area contributed by atoms with Gasteiger partial charge in [0.2, 0.25) is 0 Å². The molecule has 8 heteroatoms. The molecule has 0 aromatic carbocycles. The van der Waals surface area contributed by atoms with E-state index in [1.54, 1.807) is 30.7 Å². The van der Waals surface area contributed by atoms with Crippen LogP contribution in [0.25, 0.3) is 11.3 Å². The number of hydrogen-bond acceptors (Lipinski definition) is 4. The van der Waals surface area contributed by atoms with Gasteiger partial charge in [0.05, 0.1) is 5.69 Å². The number of aromatic nitrogens is 2. The van der Waals surface area contributed by atoms with Crippen molar-refractivity contribution in [2.45, 2.75) is 18.9 Å². The Morgan fingerprint density at radius 2 is 1.96 bits per heavy atom. The summed E-state index contributed by atoms with van der Waals surface area (Å²) in [6.07, 6.45) is 2.61. The molecule has 0 aliphatic carbocycles. The Hall–Kier alpha value is -2.03. The van der Waals surface area contributed by atoms with Crippen molar-refractivity contribution in [1.29, 1.82) is 0 Å². The van der Waals surface area contributed by atoms with Crippen molar-refractivity contribution in [3.63, 3.8) is 0 Å². The van der Waals surface area contributed by atoms with Gasteiger partial charge in [-0.25, -0.2) is 0 Å². The summed E-state index contributed by atoms with van der Waals surface area (Å²) in [5.41, 5.74) is 2.41. The lowest BCUT2D eigenvalue weighted by Gasteiger charge is -2.42. The number of nitrogens with zero attached hydrogens (tertiary/aromatic N) is 4. The van der Waals surface area contributed by atoms with Gasteiger partial charge in [0.1, 0.15) is 0 Å². The molecule has 2 atom stereocenters. The largest absolute Gasteiger partial charge is 0.312 e. The molecule has 1 fully saturated rings. The second kappa shape index (κ2) is 6.29. The number of hydrogen-bond donors (Lipinski definition) is 0. The second-order valence-electron chi connectivity index (χ2n) is 7.24. The second-order valence-corrected chi connectivity index (χ2v) is 9.38. The van der Waals surface area contributed by atoms with Crippen molar-refractivity contribution < 1.29 is 8.42 Å². The van der Waals surface area contributed by atoms with Gasteiger partial charge in [-0.15, -0.1) is 0 Å². The van der Waals surface area contributed by atoms with Gasteiger partial charge in [0.25, 0.3) is 15.8 Å². The Morgan fingerprint density at radius 1 is 1.15 bits per heavy atom. The van der Waals surface area contributed by atoms with Gasteiger partial charge in [-0.05, 0) is 30.5 Å². The van der Waals surface area contributed by atoms with E-state index in [1.165, 1.54) is 4.31 Å². The van der Waals surface area contributed by atoms with E-state index in [4.69, 9.17) is 0 Å². The molecule has 0 spiro atoms. The van der Waals surface area contributed by atoms with Crippen molar-refractivity contribution in [3.05, 3.63) is 52.6 Å². The van der Waals surface area contributed by atoms with Gasteiger partial charge in [0, 0.05) is 63.2 Å². The van der Waals surface area contributed by atoms with Gasteiger partial charge >= 0.3 is 0 Å². The zero-order chi connectivity index (χ0) is 18.5. The van der Waals surface area contributed by atoms with Gasteiger partial charge in [-0.1, -0.05) is 6.07 Å². The van der Waals surface area contributed by atoms with Crippen molar-refractivity contribution >= 4 is 10.2 Å². The summed E-state index contributed by atoms with van der Waals surface area (Å²) in [4.78, 5) is 17.0. The van der Waals surface area contributed by atoms with Gasteiger partial charge in [-0.3, -0.25) is 9.78 Å². The summed E-state index contributed by atoms with van der Waals surface area (Å²) in [6.45, 7) is 1.43. The average molecular weight is 374 g/mol. The van der Waals surface area contributed by atoms with Gasteiger partial charge < -0.3 is 4.57 Å². The first-order chi connectivity index (χ1) is 12.4. The highest BCUT2D eigenvalue weighted by molar-refractivity contribution is 7.86. The van der Waals surface area contributed by atoms with E-state index < -0.39 is 10.2 Å². The molecular formula is C18H22N4O3S. The van der Waals surface area contributed by atoms with Crippen LogP contribution >= 0.6 is 0 Å². The maximum atomic E-state index is 12.7. The van der Waals surface area contributed by atoms with Crippen LogP contribution < -0.4 is 5.56 Å². The zero-order valence-corrected chi connectivity index (χ0v) is 15.7. The molecule has 0 amide bonds. The van der Waals surface area contributed by atoms with Gasteiger partial charge in [-0.2, -0.15) is 17.0 Å². The van der Waals surface area contributed by atoms with Crippen molar-refractivity contribution in [2.75, 3.05) is 27.2 Å². The molecule has 26 heavy (non-hydrogen) atoms. The molecule has 0 saturated carbocycles. The fourth-order valence-corrected chi connectivity index (χ4v) is 5.25. The van der Waals surface area contributed by atoms with E-state index in [9.17, 15) is 13.2 Å². The minimum absolute atomic E-state index is 0.0218. The number of piperidine rings is 1. The van der Waals surface area contributed by atoms with Crippen LogP contribution in [-0.4, -0.2) is 53.8 Å². The van der Waals surface area contributed by atoms with E-state index in [2.05, 4.69) is 4.98 Å². The smallest absolute Gasteiger partial charge is 0.281 e. The maximum Gasteiger partial charge on any atom is 0.281 e. The molecule has 2 aliphatic heterocycles. The van der Waals surface area contributed by atoms with Gasteiger partial charge in [0.15, 0.2) is 0 Å². The lowest BCUT2D eigenvalue weighted by Crippen LogP contribution is -2.51. The Labute approximate surface area is 153 Å². The fourth-order valence-electron chi connectivity index (χ4n) is 4.02. The minimum atomic E-state index is -3.45. The highest BCUT2D eigenvalue weighted by Gasteiger charge is 2.39. The number of rotatable bonds is 3. The summed E-state index contributed by atoms with van der Waals surface area (Å²) in [7, 11) is -0.344. The van der Waals surface area contributed by atoms with Crippen molar-refractivity contribution in [1.82, 2.24) is 18.2 Å².